The topological polar surface area (TPSA) is 41.1 Å². The van der Waals surface area contributed by atoms with E-state index in [2.05, 4.69) is 10.6 Å². The van der Waals surface area contributed by atoms with Crippen molar-refractivity contribution in [3.63, 3.8) is 0 Å². The summed E-state index contributed by atoms with van der Waals surface area (Å²) < 4.78 is 26.8. The molecule has 0 aliphatic rings. The molecule has 0 unspecified atom stereocenters. The molecule has 0 bridgehead atoms. The highest BCUT2D eigenvalue weighted by atomic mass is 35.5. The summed E-state index contributed by atoms with van der Waals surface area (Å²) in [6, 6.07) is 8.62. The summed E-state index contributed by atoms with van der Waals surface area (Å²) in [7, 11) is 0. The highest BCUT2D eigenvalue weighted by molar-refractivity contribution is 6.31. The Morgan fingerprint density at radius 1 is 1.19 bits per heavy atom. The van der Waals surface area contributed by atoms with Crippen LogP contribution in [-0.2, 0) is 4.79 Å². The molecular weight excluding hydrogens is 298 g/mol. The van der Waals surface area contributed by atoms with Crippen LogP contribution in [0.5, 0.6) is 0 Å². The van der Waals surface area contributed by atoms with E-state index in [0.29, 0.717) is 10.7 Å². The summed E-state index contributed by atoms with van der Waals surface area (Å²) in [6.45, 7) is 1.73. The number of halogens is 3. The molecule has 2 N–H and O–H groups in total. The second kappa shape index (κ2) is 6.54. The molecule has 2 rings (SSSR count). The maximum atomic E-state index is 13.4. The van der Waals surface area contributed by atoms with Crippen LogP contribution in [-0.4, -0.2) is 12.5 Å². The molecule has 0 saturated carbocycles. The first kappa shape index (κ1) is 15.3. The number of para-hydroxylation sites is 1. The molecule has 0 radical (unpaired) electrons. The standard InChI is InChI=1S/C15H13ClF2N2O/c1-9-5-6-10(7-11(9)16)19-8-14(21)20-15-12(17)3-2-4-13(15)18/h2-7,19H,8H2,1H3,(H,20,21). The lowest BCUT2D eigenvalue weighted by Gasteiger charge is -2.10. The molecule has 0 atom stereocenters. The molecule has 0 saturated heterocycles. The van der Waals surface area contributed by atoms with Gasteiger partial charge in [-0.3, -0.25) is 4.79 Å². The van der Waals surface area contributed by atoms with Crippen LogP contribution in [0.25, 0.3) is 0 Å². The first-order chi connectivity index (χ1) is 9.97. The van der Waals surface area contributed by atoms with Crippen LogP contribution >= 0.6 is 11.6 Å². The second-order valence-corrected chi connectivity index (χ2v) is 4.87. The molecule has 21 heavy (non-hydrogen) atoms. The van der Waals surface area contributed by atoms with Crippen LogP contribution in [0.15, 0.2) is 36.4 Å². The van der Waals surface area contributed by atoms with Crippen LogP contribution in [0.2, 0.25) is 5.02 Å². The summed E-state index contributed by atoms with van der Waals surface area (Å²) in [6.07, 6.45) is 0. The lowest BCUT2D eigenvalue weighted by molar-refractivity contribution is -0.114. The van der Waals surface area contributed by atoms with Gasteiger partial charge >= 0.3 is 0 Å². The third kappa shape index (κ3) is 3.92. The van der Waals surface area contributed by atoms with Gasteiger partial charge in [-0.05, 0) is 36.8 Å². The lowest BCUT2D eigenvalue weighted by atomic mass is 10.2. The first-order valence-electron chi connectivity index (χ1n) is 6.21. The van der Waals surface area contributed by atoms with Crippen molar-refractivity contribution in [2.24, 2.45) is 0 Å². The number of benzene rings is 2. The smallest absolute Gasteiger partial charge is 0.243 e. The molecule has 0 spiro atoms. The van der Waals surface area contributed by atoms with Gasteiger partial charge in [-0.1, -0.05) is 23.7 Å². The van der Waals surface area contributed by atoms with Gasteiger partial charge in [0.2, 0.25) is 5.91 Å². The van der Waals surface area contributed by atoms with Crippen LogP contribution in [0.3, 0.4) is 0 Å². The van der Waals surface area contributed by atoms with Crippen molar-refractivity contribution in [1.82, 2.24) is 0 Å². The monoisotopic (exact) mass is 310 g/mol. The Balaban J connectivity index is 1.97. The summed E-state index contributed by atoms with van der Waals surface area (Å²) in [4.78, 5) is 11.7. The van der Waals surface area contributed by atoms with Crippen LogP contribution in [0, 0.1) is 18.6 Å². The van der Waals surface area contributed by atoms with Crippen molar-refractivity contribution in [3.05, 3.63) is 58.6 Å². The van der Waals surface area contributed by atoms with Crippen molar-refractivity contribution >= 4 is 28.9 Å². The number of carbonyl (C=O) groups is 1. The molecule has 3 nitrogen and oxygen atoms in total. The summed E-state index contributed by atoms with van der Waals surface area (Å²) in [5.41, 5.74) is 1.11. The van der Waals surface area contributed by atoms with Gasteiger partial charge in [-0.15, -0.1) is 0 Å². The van der Waals surface area contributed by atoms with Crippen molar-refractivity contribution in [2.45, 2.75) is 6.92 Å². The van der Waals surface area contributed by atoms with E-state index in [9.17, 15) is 13.6 Å². The third-order valence-electron chi connectivity index (χ3n) is 2.85. The predicted octanol–water partition coefficient (Wildman–Crippen LogP) is 3.98. The Bertz CT molecular complexity index is 656. The van der Waals surface area contributed by atoms with Gasteiger partial charge in [0.15, 0.2) is 0 Å². The maximum absolute atomic E-state index is 13.4. The highest BCUT2D eigenvalue weighted by Gasteiger charge is 2.11. The van der Waals surface area contributed by atoms with E-state index in [-0.39, 0.29) is 6.54 Å². The van der Waals surface area contributed by atoms with E-state index in [1.807, 2.05) is 6.92 Å². The van der Waals surface area contributed by atoms with Gasteiger partial charge in [0.1, 0.15) is 17.3 Å². The van der Waals surface area contributed by atoms with Gasteiger partial charge in [-0.2, -0.15) is 0 Å². The Morgan fingerprint density at radius 3 is 2.48 bits per heavy atom. The summed E-state index contributed by atoms with van der Waals surface area (Å²) in [5, 5.41) is 5.59. The van der Waals surface area contributed by atoms with E-state index in [1.165, 1.54) is 6.07 Å². The average Bonchev–Trinajstić information content (AvgIpc) is 2.44. The first-order valence-corrected chi connectivity index (χ1v) is 6.59. The number of amides is 1. The lowest BCUT2D eigenvalue weighted by Crippen LogP contribution is -2.23. The molecule has 0 aromatic heterocycles. The molecule has 2 aromatic rings. The van der Waals surface area contributed by atoms with Gasteiger partial charge in [-0.25, -0.2) is 8.78 Å². The fourth-order valence-corrected chi connectivity index (χ4v) is 1.87. The predicted molar refractivity (Wildman–Crippen MR) is 79.7 cm³/mol. The number of carbonyl (C=O) groups excluding carboxylic acids is 1. The van der Waals surface area contributed by atoms with Crippen molar-refractivity contribution in [2.75, 3.05) is 17.2 Å². The van der Waals surface area contributed by atoms with Crippen molar-refractivity contribution in [1.29, 1.82) is 0 Å². The molecule has 0 aliphatic carbocycles. The minimum absolute atomic E-state index is 0.132. The molecule has 110 valence electrons. The highest BCUT2D eigenvalue weighted by Crippen LogP contribution is 2.20. The number of anilines is 2. The summed E-state index contributed by atoms with van der Waals surface area (Å²) >= 11 is 5.96. The number of rotatable bonds is 4. The van der Waals surface area contributed by atoms with Gasteiger partial charge in [0.25, 0.3) is 0 Å². The maximum Gasteiger partial charge on any atom is 0.243 e. The van der Waals surface area contributed by atoms with E-state index in [4.69, 9.17) is 11.6 Å². The zero-order chi connectivity index (χ0) is 15.4. The van der Waals surface area contributed by atoms with E-state index in [0.717, 1.165) is 17.7 Å². The molecule has 0 heterocycles. The van der Waals surface area contributed by atoms with Crippen LogP contribution < -0.4 is 10.6 Å². The SMILES string of the molecule is Cc1ccc(NCC(=O)Nc2c(F)cccc2F)cc1Cl. The minimum Gasteiger partial charge on any atom is -0.376 e. The van der Waals surface area contributed by atoms with E-state index < -0.39 is 23.2 Å². The zero-order valence-electron chi connectivity index (χ0n) is 11.2. The van der Waals surface area contributed by atoms with Crippen LogP contribution in [0.1, 0.15) is 5.56 Å². The van der Waals surface area contributed by atoms with Gasteiger partial charge in [0, 0.05) is 10.7 Å². The Morgan fingerprint density at radius 2 is 1.86 bits per heavy atom. The number of nitrogens with one attached hydrogen (secondary N) is 2. The molecule has 1 amide bonds. The van der Waals surface area contributed by atoms with E-state index in [1.54, 1.807) is 18.2 Å². The van der Waals surface area contributed by atoms with Crippen LogP contribution in [0.4, 0.5) is 20.2 Å². The largest absolute Gasteiger partial charge is 0.376 e. The zero-order valence-corrected chi connectivity index (χ0v) is 12.0. The van der Waals surface area contributed by atoms with E-state index >= 15 is 0 Å². The Kier molecular flexibility index (Phi) is 4.75. The van der Waals surface area contributed by atoms with Crippen molar-refractivity contribution in [3.8, 4) is 0 Å². The minimum atomic E-state index is -0.818. The third-order valence-corrected chi connectivity index (χ3v) is 3.26. The van der Waals surface area contributed by atoms with Gasteiger partial charge in [0.05, 0.1) is 6.54 Å². The number of aryl methyl sites for hydroxylation is 1. The quantitative estimate of drug-likeness (QED) is 0.897. The fraction of sp³-hybridized carbons (Fsp3) is 0.133. The molecule has 0 fully saturated rings. The Hall–Kier alpha value is -2.14. The molecule has 6 heteroatoms. The molecule has 0 aliphatic heterocycles. The average molecular weight is 311 g/mol. The Labute approximate surface area is 125 Å². The normalized spacial score (nSPS) is 10.3. The second-order valence-electron chi connectivity index (χ2n) is 4.46. The number of hydrogen-bond acceptors (Lipinski definition) is 2. The van der Waals surface area contributed by atoms with Crippen molar-refractivity contribution < 1.29 is 13.6 Å². The number of hydrogen-bond donors (Lipinski definition) is 2. The molecule has 2 aromatic carbocycles. The summed E-state index contributed by atoms with van der Waals surface area (Å²) in [5.74, 6) is -2.20. The van der Waals surface area contributed by atoms with Gasteiger partial charge < -0.3 is 10.6 Å². The molecular formula is C15H13ClF2N2O. The fourth-order valence-electron chi connectivity index (χ4n) is 1.69.